The number of carbonyl (C=O) groups excluding carboxylic acids is 1. The van der Waals surface area contributed by atoms with E-state index in [1.807, 2.05) is 6.08 Å². The summed E-state index contributed by atoms with van der Waals surface area (Å²) in [6.45, 7) is 3.71. The fourth-order valence-corrected chi connectivity index (χ4v) is 6.81. The van der Waals surface area contributed by atoms with E-state index in [2.05, 4.69) is 43.5 Å². The number of amides is 1. The molecular formula is C45H83NO8. The van der Waals surface area contributed by atoms with Crippen LogP contribution < -0.4 is 5.32 Å². The summed E-state index contributed by atoms with van der Waals surface area (Å²) in [4.78, 5) is 12.9. The molecule has 0 saturated carbocycles. The molecule has 0 aliphatic carbocycles. The average molecular weight is 766 g/mol. The standard InChI is InChI=1S/C45H83NO8/c1-3-5-7-9-11-13-15-16-17-18-19-20-21-22-23-24-25-27-29-31-33-35-41(49)46-38(37-53-45-44(52)43(51)42(50)40(36-47)54-45)39(48)34-32-30-28-26-14-12-10-8-6-4-2/h14,20-21,26,32,34,38-40,42-45,47-48,50-52H,3-13,15-19,22-25,27-31,33,35-37H2,1-2H3,(H,46,49)/b21-20-,26-14+,34-32+. The van der Waals surface area contributed by atoms with Gasteiger partial charge in [0, 0.05) is 6.42 Å². The van der Waals surface area contributed by atoms with Gasteiger partial charge in [-0.2, -0.15) is 0 Å². The fourth-order valence-electron chi connectivity index (χ4n) is 6.81. The molecule has 54 heavy (non-hydrogen) atoms. The van der Waals surface area contributed by atoms with Crippen LogP contribution in [-0.2, 0) is 14.3 Å². The number of nitrogens with one attached hydrogen (secondary N) is 1. The van der Waals surface area contributed by atoms with E-state index in [0.29, 0.717) is 6.42 Å². The molecule has 1 aliphatic rings. The minimum absolute atomic E-state index is 0.194. The fraction of sp³-hybridized carbons (Fsp3) is 0.844. The Labute approximate surface area is 330 Å². The van der Waals surface area contributed by atoms with Gasteiger partial charge in [0.25, 0.3) is 0 Å². The Kier molecular flexibility index (Phi) is 33.4. The van der Waals surface area contributed by atoms with Gasteiger partial charge in [0.05, 0.1) is 25.4 Å². The maximum atomic E-state index is 12.9. The van der Waals surface area contributed by atoms with Crippen LogP contribution in [0.2, 0.25) is 0 Å². The van der Waals surface area contributed by atoms with Gasteiger partial charge in [0.2, 0.25) is 5.91 Å². The van der Waals surface area contributed by atoms with E-state index < -0.39 is 49.5 Å². The van der Waals surface area contributed by atoms with Crippen LogP contribution in [0, 0.1) is 0 Å². The summed E-state index contributed by atoms with van der Waals surface area (Å²) in [6.07, 6.45) is 36.3. The predicted molar refractivity (Wildman–Crippen MR) is 221 cm³/mol. The molecule has 1 rings (SSSR count). The van der Waals surface area contributed by atoms with Gasteiger partial charge in [-0.15, -0.1) is 0 Å². The zero-order valence-electron chi connectivity index (χ0n) is 34.5. The highest BCUT2D eigenvalue weighted by molar-refractivity contribution is 5.76. The molecular weight excluding hydrogens is 682 g/mol. The van der Waals surface area contributed by atoms with Gasteiger partial charge in [-0.3, -0.25) is 4.79 Å². The van der Waals surface area contributed by atoms with Crippen molar-refractivity contribution in [2.75, 3.05) is 13.2 Å². The molecule has 0 aromatic rings. The lowest BCUT2D eigenvalue weighted by Crippen LogP contribution is -2.60. The number of hydrogen-bond acceptors (Lipinski definition) is 8. The van der Waals surface area contributed by atoms with E-state index in [1.165, 1.54) is 116 Å². The van der Waals surface area contributed by atoms with Crippen molar-refractivity contribution in [1.82, 2.24) is 5.32 Å². The second-order valence-corrected chi connectivity index (χ2v) is 15.5. The zero-order chi connectivity index (χ0) is 39.5. The normalized spacial score (nSPS) is 21.8. The first-order valence-electron chi connectivity index (χ1n) is 22.2. The molecule has 1 amide bonds. The lowest BCUT2D eigenvalue weighted by molar-refractivity contribution is -0.302. The summed E-state index contributed by atoms with van der Waals surface area (Å²) in [5, 5.41) is 54.0. The van der Waals surface area contributed by atoms with Gasteiger partial charge < -0.3 is 40.3 Å². The van der Waals surface area contributed by atoms with Crippen molar-refractivity contribution in [1.29, 1.82) is 0 Å². The maximum absolute atomic E-state index is 12.9. The van der Waals surface area contributed by atoms with Crippen LogP contribution in [0.15, 0.2) is 36.5 Å². The molecule has 7 atom stereocenters. The van der Waals surface area contributed by atoms with Gasteiger partial charge in [0.15, 0.2) is 6.29 Å². The Morgan fingerprint density at radius 1 is 0.611 bits per heavy atom. The lowest BCUT2D eigenvalue weighted by atomic mass is 9.99. The van der Waals surface area contributed by atoms with E-state index in [0.717, 1.165) is 51.4 Å². The molecule has 0 spiro atoms. The van der Waals surface area contributed by atoms with Gasteiger partial charge in [-0.05, 0) is 57.8 Å². The summed E-state index contributed by atoms with van der Waals surface area (Å²) in [5.41, 5.74) is 0. The van der Waals surface area contributed by atoms with E-state index in [4.69, 9.17) is 9.47 Å². The van der Waals surface area contributed by atoms with E-state index in [-0.39, 0.29) is 12.5 Å². The second-order valence-electron chi connectivity index (χ2n) is 15.5. The van der Waals surface area contributed by atoms with Crippen molar-refractivity contribution >= 4 is 5.91 Å². The molecule has 0 aromatic carbocycles. The van der Waals surface area contributed by atoms with Crippen molar-refractivity contribution in [3.63, 3.8) is 0 Å². The van der Waals surface area contributed by atoms with Gasteiger partial charge in [-0.1, -0.05) is 159 Å². The van der Waals surface area contributed by atoms with Crippen LogP contribution in [0.3, 0.4) is 0 Å². The highest BCUT2D eigenvalue weighted by Gasteiger charge is 2.44. The van der Waals surface area contributed by atoms with Crippen molar-refractivity contribution in [3.8, 4) is 0 Å². The molecule has 6 N–H and O–H groups in total. The largest absolute Gasteiger partial charge is 0.394 e. The van der Waals surface area contributed by atoms with Crippen molar-refractivity contribution < 1.29 is 39.8 Å². The van der Waals surface area contributed by atoms with Crippen LogP contribution in [0.4, 0.5) is 0 Å². The quantitative estimate of drug-likeness (QED) is 0.0274. The first-order valence-corrected chi connectivity index (χ1v) is 22.2. The molecule has 7 unspecified atom stereocenters. The molecule has 0 aromatic heterocycles. The summed E-state index contributed by atoms with van der Waals surface area (Å²) in [6, 6.07) is -0.820. The first-order chi connectivity index (χ1) is 26.3. The molecule has 0 bridgehead atoms. The zero-order valence-corrected chi connectivity index (χ0v) is 34.5. The van der Waals surface area contributed by atoms with Gasteiger partial charge in [0.1, 0.15) is 24.4 Å². The molecule has 0 radical (unpaired) electrons. The van der Waals surface area contributed by atoms with Crippen LogP contribution >= 0.6 is 0 Å². The first kappa shape index (κ1) is 50.4. The van der Waals surface area contributed by atoms with Crippen LogP contribution in [0.1, 0.15) is 187 Å². The SMILES string of the molecule is CCCCCC/C=C/CC/C=C/C(O)C(COC1OC(CO)C(O)C(O)C1O)NC(=O)CCCCCCCCC/C=C\CCCCCCCCCCCC. The number of hydrogen-bond donors (Lipinski definition) is 6. The minimum Gasteiger partial charge on any atom is -0.394 e. The minimum atomic E-state index is -1.57. The third-order valence-electron chi connectivity index (χ3n) is 10.4. The molecule has 9 heteroatoms. The van der Waals surface area contributed by atoms with E-state index >= 15 is 0 Å². The number of aliphatic hydroxyl groups is 5. The summed E-state index contributed by atoms with van der Waals surface area (Å²) in [7, 11) is 0. The highest BCUT2D eigenvalue weighted by atomic mass is 16.7. The molecule has 1 aliphatic heterocycles. The van der Waals surface area contributed by atoms with Crippen molar-refractivity contribution in [3.05, 3.63) is 36.5 Å². The second kappa shape index (κ2) is 35.8. The molecule has 1 saturated heterocycles. The Bertz CT molecular complexity index is 941. The van der Waals surface area contributed by atoms with Gasteiger partial charge in [-0.25, -0.2) is 0 Å². The third kappa shape index (κ3) is 26.3. The number of ether oxygens (including phenoxy) is 2. The van der Waals surface area contributed by atoms with Crippen molar-refractivity contribution in [2.24, 2.45) is 0 Å². The summed E-state index contributed by atoms with van der Waals surface area (Å²) >= 11 is 0. The Morgan fingerprint density at radius 3 is 1.57 bits per heavy atom. The number of carbonyl (C=O) groups is 1. The summed E-state index contributed by atoms with van der Waals surface area (Å²) < 4.78 is 11.2. The molecule has 1 fully saturated rings. The number of aliphatic hydroxyl groups excluding tert-OH is 5. The Morgan fingerprint density at radius 2 is 1.06 bits per heavy atom. The number of rotatable bonds is 36. The monoisotopic (exact) mass is 766 g/mol. The molecule has 316 valence electrons. The van der Waals surface area contributed by atoms with Crippen molar-refractivity contribution in [2.45, 2.75) is 230 Å². The summed E-state index contributed by atoms with van der Waals surface area (Å²) in [5.74, 6) is -0.194. The highest BCUT2D eigenvalue weighted by Crippen LogP contribution is 2.22. The Hall–Kier alpha value is -1.59. The van der Waals surface area contributed by atoms with Gasteiger partial charge >= 0.3 is 0 Å². The molecule has 9 nitrogen and oxygen atoms in total. The molecule has 1 heterocycles. The number of unbranched alkanes of at least 4 members (excludes halogenated alkanes) is 22. The lowest BCUT2D eigenvalue weighted by Gasteiger charge is -2.40. The third-order valence-corrected chi connectivity index (χ3v) is 10.4. The smallest absolute Gasteiger partial charge is 0.220 e. The van der Waals surface area contributed by atoms with E-state index in [9.17, 15) is 30.3 Å². The average Bonchev–Trinajstić information content (AvgIpc) is 3.17. The predicted octanol–water partition coefficient (Wildman–Crippen LogP) is 8.89. The van der Waals surface area contributed by atoms with E-state index in [1.54, 1.807) is 6.08 Å². The maximum Gasteiger partial charge on any atom is 0.220 e. The number of allylic oxidation sites excluding steroid dienone is 5. The van der Waals surface area contributed by atoms with Crippen LogP contribution in [-0.4, -0.2) is 87.5 Å². The van der Waals surface area contributed by atoms with Crippen LogP contribution in [0.5, 0.6) is 0 Å². The topological polar surface area (TPSA) is 149 Å². The van der Waals surface area contributed by atoms with Crippen LogP contribution in [0.25, 0.3) is 0 Å². The Balaban J connectivity index is 2.31.